The number of benzene rings is 2. The van der Waals surface area contributed by atoms with Crippen molar-refractivity contribution in [1.82, 2.24) is 9.66 Å². The van der Waals surface area contributed by atoms with Gasteiger partial charge in [-0.25, -0.2) is 4.98 Å². The molecular formula is C21H18BrCl2N3O3. The Labute approximate surface area is 191 Å². The Kier molecular flexibility index (Phi) is 6.95. The van der Waals surface area contributed by atoms with Crippen LogP contribution in [0.25, 0.3) is 10.9 Å². The van der Waals surface area contributed by atoms with Crippen molar-refractivity contribution in [2.45, 2.75) is 33.1 Å². The Morgan fingerprint density at radius 1 is 1.30 bits per heavy atom. The molecule has 1 atom stereocenters. The minimum Gasteiger partial charge on any atom is -0.424 e. The number of fused-ring (bicyclic) bond motifs is 1. The van der Waals surface area contributed by atoms with Crippen LogP contribution in [0.2, 0.25) is 10.0 Å². The summed E-state index contributed by atoms with van der Waals surface area (Å²) in [6.07, 6.45) is 2.26. The van der Waals surface area contributed by atoms with Crippen LogP contribution >= 0.6 is 39.1 Å². The molecule has 0 saturated heterocycles. The quantitative estimate of drug-likeness (QED) is 0.247. The van der Waals surface area contributed by atoms with Gasteiger partial charge in [0.15, 0.2) is 5.75 Å². The SMILES string of the molecule is CC[C@H](C)c1nc2ccc(Br)cc2c(=O)n1N=Cc1cc(Cl)c(OC(C)=O)c(Cl)c1. The van der Waals surface area contributed by atoms with E-state index >= 15 is 0 Å². The van der Waals surface area contributed by atoms with E-state index in [0.717, 1.165) is 10.9 Å². The third-order valence-corrected chi connectivity index (χ3v) is 5.53. The van der Waals surface area contributed by atoms with Crippen LogP contribution in [0.5, 0.6) is 5.75 Å². The van der Waals surface area contributed by atoms with Gasteiger partial charge in [-0.3, -0.25) is 9.59 Å². The highest BCUT2D eigenvalue weighted by atomic mass is 79.9. The molecule has 0 aliphatic rings. The molecule has 2 aromatic carbocycles. The molecule has 0 spiro atoms. The molecule has 1 heterocycles. The fourth-order valence-electron chi connectivity index (χ4n) is 2.80. The van der Waals surface area contributed by atoms with E-state index in [4.69, 9.17) is 27.9 Å². The molecule has 9 heteroatoms. The maximum absolute atomic E-state index is 13.1. The van der Waals surface area contributed by atoms with Gasteiger partial charge in [-0.05, 0) is 42.3 Å². The van der Waals surface area contributed by atoms with Crippen LogP contribution in [0, 0.1) is 0 Å². The van der Waals surface area contributed by atoms with Crippen LogP contribution in [0.4, 0.5) is 0 Å². The number of hydrogen-bond donors (Lipinski definition) is 0. The number of nitrogens with zero attached hydrogens (tertiary/aromatic N) is 3. The van der Waals surface area contributed by atoms with E-state index in [0.29, 0.717) is 22.3 Å². The summed E-state index contributed by atoms with van der Waals surface area (Å²) in [7, 11) is 0. The number of aromatic nitrogens is 2. The monoisotopic (exact) mass is 509 g/mol. The minimum absolute atomic E-state index is 0.0152. The highest BCUT2D eigenvalue weighted by molar-refractivity contribution is 9.10. The van der Waals surface area contributed by atoms with Gasteiger partial charge in [0.05, 0.1) is 27.2 Å². The third kappa shape index (κ3) is 4.74. The van der Waals surface area contributed by atoms with Crippen LogP contribution in [-0.4, -0.2) is 21.8 Å². The minimum atomic E-state index is -0.529. The zero-order valence-corrected chi connectivity index (χ0v) is 19.5. The second-order valence-corrected chi connectivity index (χ2v) is 8.44. The highest BCUT2D eigenvalue weighted by Crippen LogP contribution is 2.34. The number of ether oxygens (including phenoxy) is 1. The second-order valence-electron chi connectivity index (χ2n) is 6.71. The first-order valence-electron chi connectivity index (χ1n) is 9.15. The van der Waals surface area contributed by atoms with Crippen LogP contribution in [-0.2, 0) is 4.79 Å². The molecule has 30 heavy (non-hydrogen) atoms. The Morgan fingerprint density at radius 3 is 2.57 bits per heavy atom. The van der Waals surface area contributed by atoms with Crippen molar-refractivity contribution in [1.29, 1.82) is 0 Å². The van der Waals surface area contributed by atoms with Gasteiger partial charge in [0.1, 0.15) is 5.82 Å². The van der Waals surface area contributed by atoms with Crippen molar-refractivity contribution >= 4 is 62.2 Å². The van der Waals surface area contributed by atoms with Gasteiger partial charge in [0, 0.05) is 17.3 Å². The lowest BCUT2D eigenvalue weighted by molar-refractivity contribution is -0.131. The molecule has 1 aromatic heterocycles. The number of halogens is 3. The molecule has 0 saturated carbocycles. The molecule has 0 amide bonds. The first kappa shape index (κ1) is 22.5. The average Bonchev–Trinajstić information content (AvgIpc) is 2.69. The first-order valence-corrected chi connectivity index (χ1v) is 10.7. The lowest BCUT2D eigenvalue weighted by atomic mass is 10.1. The fourth-order valence-corrected chi connectivity index (χ4v) is 3.74. The molecule has 0 aliphatic heterocycles. The average molecular weight is 511 g/mol. The normalized spacial score (nSPS) is 12.5. The first-order chi connectivity index (χ1) is 14.2. The van der Waals surface area contributed by atoms with Gasteiger partial charge in [0.25, 0.3) is 5.56 Å². The summed E-state index contributed by atoms with van der Waals surface area (Å²) in [5.74, 6) is 0.125. The van der Waals surface area contributed by atoms with Gasteiger partial charge in [0.2, 0.25) is 0 Å². The summed E-state index contributed by atoms with van der Waals surface area (Å²) in [6.45, 7) is 5.26. The largest absolute Gasteiger partial charge is 0.424 e. The maximum Gasteiger partial charge on any atom is 0.308 e. The number of rotatable bonds is 5. The summed E-state index contributed by atoms with van der Waals surface area (Å²) in [5, 5.41) is 5.15. The molecule has 0 aliphatic carbocycles. The van der Waals surface area contributed by atoms with Crippen molar-refractivity contribution < 1.29 is 9.53 Å². The van der Waals surface area contributed by atoms with E-state index in [-0.39, 0.29) is 27.3 Å². The topological polar surface area (TPSA) is 73.6 Å². The number of carbonyl (C=O) groups excluding carboxylic acids is 1. The standard InChI is InChI=1S/C21H18BrCl2N3O3/c1-4-11(2)20-26-18-6-5-14(22)9-15(18)21(29)27(20)25-10-13-7-16(23)19(17(24)8-13)30-12(3)28/h5-11H,4H2,1-3H3/t11-/m0/s1. The predicted molar refractivity (Wildman–Crippen MR) is 123 cm³/mol. The van der Waals surface area contributed by atoms with E-state index < -0.39 is 5.97 Å². The summed E-state index contributed by atoms with van der Waals surface area (Å²) in [6, 6.07) is 8.46. The van der Waals surface area contributed by atoms with Crippen molar-refractivity contribution in [3.8, 4) is 5.75 Å². The molecule has 156 valence electrons. The lowest BCUT2D eigenvalue weighted by Crippen LogP contribution is -2.23. The van der Waals surface area contributed by atoms with Crippen LogP contribution in [0.3, 0.4) is 0 Å². The van der Waals surface area contributed by atoms with E-state index in [1.807, 2.05) is 19.9 Å². The predicted octanol–water partition coefficient (Wildman–Crippen LogP) is 5.79. The Bertz CT molecular complexity index is 1200. The molecule has 0 unspecified atom stereocenters. The Hall–Kier alpha value is -2.22. The maximum atomic E-state index is 13.1. The van der Waals surface area contributed by atoms with E-state index in [1.165, 1.54) is 17.8 Å². The van der Waals surface area contributed by atoms with Gasteiger partial charge in [-0.15, -0.1) is 0 Å². The van der Waals surface area contributed by atoms with Gasteiger partial charge < -0.3 is 4.74 Å². The zero-order chi connectivity index (χ0) is 22.0. The van der Waals surface area contributed by atoms with Crippen molar-refractivity contribution in [2.75, 3.05) is 0 Å². The van der Waals surface area contributed by atoms with Crippen LogP contribution in [0.15, 0.2) is 44.7 Å². The lowest BCUT2D eigenvalue weighted by Gasteiger charge is -2.14. The Morgan fingerprint density at radius 2 is 1.97 bits per heavy atom. The number of hydrogen-bond acceptors (Lipinski definition) is 5. The molecule has 6 nitrogen and oxygen atoms in total. The van der Waals surface area contributed by atoms with Crippen molar-refractivity contribution in [3.63, 3.8) is 0 Å². The highest BCUT2D eigenvalue weighted by Gasteiger charge is 2.16. The van der Waals surface area contributed by atoms with Gasteiger partial charge in [-0.1, -0.05) is 53.0 Å². The molecular weight excluding hydrogens is 493 g/mol. The smallest absolute Gasteiger partial charge is 0.308 e. The zero-order valence-electron chi connectivity index (χ0n) is 16.4. The summed E-state index contributed by atoms with van der Waals surface area (Å²) in [5.41, 5.74) is 0.876. The molecule has 3 aromatic rings. The molecule has 0 fully saturated rings. The van der Waals surface area contributed by atoms with Crippen molar-refractivity contribution in [3.05, 3.63) is 66.6 Å². The van der Waals surface area contributed by atoms with Gasteiger partial charge >= 0.3 is 5.97 Å². The summed E-state index contributed by atoms with van der Waals surface area (Å²) >= 11 is 15.8. The fraction of sp³-hybridized carbons (Fsp3) is 0.238. The van der Waals surface area contributed by atoms with Crippen molar-refractivity contribution in [2.24, 2.45) is 5.10 Å². The number of carbonyl (C=O) groups is 1. The second kappa shape index (κ2) is 9.29. The summed E-state index contributed by atoms with van der Waals surface area (Å²) in [4.78, 5) is 29.0. The van der Waals surface area contributed by atoms with E-state index in [2.05, 4.69) is 26.0 Å². The van der Waals surface area contributed by atoms with E-state index in [1.54, 1.807) is 24.3 Å². The number of esters is 1. The van der Waals surface area contributed by atoms with E-state index in [9.17, 15) is 9.59 Å². The van der Waals surface area contributed by atoms with Crippen LogP contribution < -0.4 is 10.3 Å². The molecule has 0 bridgehead atoms. The summed E-state index contributed by atoms with van der Waals surface area (Å²) < 4.78 is 7.09. The van der Waals surface area contributed by atoms with Gasteiger partial charge in [-0.2, -0.15) is 9.78 Å². The Balaban J connectivity index is 2.12. The third-order valence-electron chi connectivity index (χ3n) is 4.48. The van der Waals surface area contributed by atoms with Crippen LogP contribution in [0.1, 0.15) is 44.5 Å². The molecule has 3 rings (SSSR count). The molecule has 0 radical (unpaired) electrons. The molecule has 0 N–H and O–H groups in total.